The molecule has 0 bridgehead atoms. The van der Waals surface area contributed by atoms with E-state index in [4.69, 9.17) is 11.6 Å². The number of hydrogen-bond donors (Lipinski definition) is 2. The van der Waals surface area contributed by atoms with E-state index in [0.717, 1.165) is 0 Å². The number of thioether (sulfide) groups is 1. The normalized spacial score (nSPS) is 11.6. The lowest BCUT2D eigenvalue weighted by Gasteiger charge is -2.19. The Kier molecular flexibility index (Phi) is 7.28. The van der Waals surface area contributed by atoms with Gasteiger partial charge in [0.2, 0.25) is 5.91 Å². The van der Waals surface area contributed by atoms with Crippen molar-refractivity contribution >= 4 is 40.9 Å². The van der Waals surface area contributed by atoms with E-state index in [9.17, 15) is 14.0 Å². The molecule has 0 aliphatic carbocycles. The SMILES string of the molecule is CSCCC(NC(=O)c1ccccc1Cl)C(=O)Nc1ccccc1F. The van der Waals surface area contributed by atoms with Gasteiger partial charge in [-0.1, -0.05) is 35.9 Å². The number of anilines is 1. The van der Waals surface area contributed by atoms with Crippen LogP contribution in [0.1, 0.15) is 16.8 Å². The summed E-state index contributed by atoms with van der Waals surface area (Å²) in [6.45, 7) is 0. The van der Waals surface area contributed by atoms with Crippen LogP contribution in [-0.2, 0) is 4.79 Å². The molecule has 0 spiro atoms. The van der Waals surface area contributed by atoms with Crippen LogP contribution in [0.3, 0.4) is 0 Å². The van der Waals surface area contributed by atoms with Crippen LogP contribution in [0, 0.1) is 5.82 Å². The van der Waals surface area contributed by atoms with Gasteiger partial charge in [-0.25, -0.2) is 4.39 Å². The molecule has 2 aromatic rings. The predicted octanol–water partition coefficient (Wildman–Crippen LogP) is 3.97. The highest BCUT2D eigenvalue weighted by atomic mass is 35.5. The molecule has 2 N–H and O–H groups in total. The number of rotatable bonds is 7. The fourth-order valence-corrected chi connectivity index (χ4v) is 2.86. The Labute approximate surface area is 155 Å². The molecule has 0 radical (unpaired) electrons. The zero-order valence-electron chi connectivity index (χ0n) is 13.6. The van der Waals surface area contributed by atoms with E-state index in [1.807, 2.05) is 6.26 Å². The molecule has 2 rings (SSSR count). The number of carbonyl (C=O) groups excluding carboxylic acids is 2. The number of benzene rings is 2. The predicted molar refractivity (Wildman–Crippen MR) is 101 cm³/mol. The summed E-state index contributed by atoms with van der Waals surface area (Å²) in [5.41, 5.74) is 0.366. The highest BCUT2D eigenvalue weighted by molar-refractivity contribution is 7.98. The summed E-state index contributed by atoms with van der Waals surface area (Å²) < 4.78 is 13.7. The lowest BCUT2D eigenvalue weighted by atomic mass is 10.1. The highest BCUT2D eigenvalue weighted by Gasteiger charge is 2.22. The lowest BCUT2D eigenvalue weighted by Crippen LogP contribution is -2.44. The topological polar surface area (TPSA) is 58.2 Å². The van der Waals surface area contributed by atoms with E-state index < -0.39 is 23.7 Å². The van der Waals surface area contributed by atoms with Crippen molar-refractivity contribution < 1.29 is 14.0 Å². The van der Waals surface area contributed by atoms with Crippen LogP contribution in [0.5, 0.6) is 0 Å². The molecule has 0 saturated heterocycles. The van der Waals surface area contributed by atoms with E-state index in [2.05, 4.69) is 10.6 Å². The van der Waals surface area contributed by atoms with E-state index in [1.54, 1.807) is 42.1 Å². The van der Waals surface area contributed by atoms with Crippen LogP contribution in [0.25, 0.3) is 0 Å². The van der Waals surface area contributed by atoms with Gasteiger partial charge in [0.05, 0.1) is 16.3 Å². The number of halogens is 2. The zero-order valence-corrected chi connectivity index (χ0v) is 15.2. The molecule has 1 unspecified atom stereocenters. The first kappa shape index (κ1) is 19.3. The van der Waals surface area contributed by atoms with E-state index >= 15 is 0 Å². The van der Waals surface area contributed by atoms with Crippen molar-refractivity contribution in [2.24, 2.45) is 0 Å². The Morgan fingerprint density at radius 1 is 1.16 bits per heavy atom. The molecular formula is C18H18ClFN2O2S. The Bertz CT molecular complexity index is 757. The van der Waals surface area contributed by atoms with Gasteiger partial charge in [-0.05, 0) is 42.7 Å². The molecule has 4 nitrogen and oxygen atoms in total. The van der Waals surface area contributed by atoms with Crippen molar-refractivity contribution in [1.29, 1.82) is 0 Å². The van der Waals surface area contributed by atoms with Crippen LogP contribution in [0.4, 0.5) is 10.1 Å². The summed E-state index contributed by atoms with van der Waals surface area (Å²) in [6, 6.07) is 11.7. The molecule has 0 aliphatic heterocycles. The van der Waals surface area contributed by atoms with Gasteiger partial charge in [-0.2, -0.15) is 11.8 Å². The maximum absolute atomic E-state index is 13.7. The van der Waals surface area contributed by atoms with Gasteiger partial charge in [-0.3, -0.25) is 9.59 Å². The number of carbonyl (C=O) groups is 2. The first-order valence-electron chi connectivity index (χ1n) is 7.62. The molecule has 0 saturated carbocycles. The molecule has 0 heterocycles. The van der Waals surface area contributed by atoms with Gasteiger partial charge < -0.3 is 10.6 Å². The molecule has 1 atom stereocenters. The van der Waals surface area contributed by atoms with Gasteiger partial charge in [0.25, 0.3) is 5.91 Å². The standard InChI is InChI=1S/C18H18ClFN2O2S/c1-25-11-10-16(18(24)21-15-9-5-4-8-14(15)20)22-17(23)12-6-2-3-7-13(12)19/h2-9,16H,10-11H2,1H3,(H,21,24)(H,22,23). The van der Waals surface area contributed by atoms with Gasteiger partial charge in [-0.15, -0.1) is 0 Å². The second kappa shape index (κ2) is 9.44. The smallest absolute Gasteiger partial charge is 0.253 e. The van der Waals surface area contributed by atoms with Crippen molar-refractivity contribution in [3.8, 4) is 0 Å². The third-order valence-electron chi connectivity index (χ3n) is 3.48. The minimum atomic E-state index is -0.796. The van der Waals surface area contributed by atoms with Gasteiger partial charge >= 0.3 is 0 Å². The minimum absolute atomic E-state index is 0.0774. The average molecular weight is 381 g/mol. The molecule has 132 valence electrons. The molecule has 7 heteroatoms. The summed E-state index contributed by atoms with van der Waals surface area (Å²) in [5.74, 6) is -0.783. The molecular weight excluding hydrogens is 363 g/mol. The maximum Gasteiger partial charge on any atom is 0.253 e. The van der Waals surface area contributed by atoms with Crippen molar-refractivity contribution in [1.82, 2.24) is 5.32 Å². The maximum atomic E-state index is 13.7. The second-order valence-corrected chi connectivity index (χ2v) is 6.65. The summed E-state index contributed by atoms with van der Waals surface area (Å²) in [4.78, 5) is 24.9. The average Bonchev–Trinajstić information content (AvgIpc) is 2.60. The summed E-state index contributed by atoms with van der Waals surface area (Å²) in [7, 11) is 0. The Balaban J connectivity index is 2.12. The summed E-state index contributed by atoms with van der Waals surface area (Å²) >= 11 is 7.57. The van der Waals surface area contributed by atoms with Crippen LogP contribution in [0.15, 0.2) is 48.5 Å². The van der Waals surface area contributed by atoms with Gasteiger partial charge in [0.1, 0.15) is 11.9 Å². The first-order chi connectivity index (χ1) is 12.0. The fraction of sp³-hybridized carbons (Fsp3) is 0.222. The lowest BCUT2D eigenvalue weighted by molar-refractivity contribution is -0.118. The molecule has 25 heavy (non-hydrogen) atoms. The summed E-state index contributed by atoms with van der Waals surface area (Å²) in [6.07, 6.45) is 2.32. The molecule has 0 aliphatic rings. The third-order valence-corrected chi connectivity index (χ3v) is 4.46. The number of nitrogens with one attached hydrogen (secondary N) is 2. The number of para-hydroxylation sites is 1. The van der Waals surface area contributed by atoms with Crippen molar-refractivity contribution in [3.05, 3.63) is 64.9 Å². The van der Waals surface area contributed by atoms with Crippen LogP contribution < -0.4 is 10.6 Å². The van der Waals surface area contributed by atoms with Gasteiger partial charge in [0, 0.05) is 0 Å². The monoisotopic (exact) mass is 380 g/mol. The highest BCUT2D eigenvalue weighted by Crippen LogP contribution is 2.16. The van der Waals surface area contributed by atoms with E-state index in [1.165, 1.54) is 18.2 Å². The van der Waals surface area contributed by atoms with Crippen LogP contribution in [0.2, 0.25) is 5.02 Å². The number of hydrogen-bond acceptors (Lipinski definition) is 3. The van der Waals surface area contributed by atoms with Crippen LogP contribution >= 0.6 is 23.4 Å². The quantitative estimate of drug-likeness (QED) is 0.764. The fourth-order valence-electron chi connectivity index (χ4n) is 2.17. The largest absolute Gasteiger partial charge is 0.340 e. The Morgan fingerprint density at radius 2 is 1.84 bits per heavy atom. The van der Waals surface area contributed by atoms with E-state index in [-0.39, 0.29) is 11.3 Å². The van der Waals surface area contributed by atoms with Crippen molar-refractivity contribution in [2.75, 3.05) is 17.3 Å². The van der Waals surface area contributed by atoms with Crippen molar-refractivity contribution in [2.45, 2.75) is 12.5 Å². The Morgan fingerprint density at radius 3 is 2.52 bits per heavy atom. The third kappa shape index (κ3) is 5.47. The Hall–Kier alpha value is -2.05. The van der Waals surface area contributed by atoms with Crippen LogP contribution in [-0.4, -0.2) is 29.9 Å². The van der Waals surface area contributed by atoms with E-state index in [0.29, 0.717) is 17.2 Å². The minimum Gasteiger partial charge on any atom is -0.340 e. The number of amides is 2. The van der Waals surface area contributed by atoms with Gasteiger partial charge in [0.15, 0.2) is 0 Å². The zero-order chi connectivity index (χ0) is 18.2. The second-order valence-electron chi connectivity index (χ2n) is 5.26. The van der Waals surface area contributed by atoms with Crippen molar-refractivity contribution in [3.63, 3.8) is 0 Å². The summed E-state index contributed by atoms with van der Waals surface area (Å²) in [5, 5.41) is 5.50. The molecule has 0 fully saturated rings. The molecule has 2 amide bonds. The molecule has 2 aromatic carbocycles. The molecule has 0 aromatic heterocycles. The first-order valence-corrected chi connectivity index (χ1v) is 9.40.